The molecule has 0 unspecified atom stereocenters. The highest BCUT2D eigenvalue weighted by molar-refractivity contribution is 5.68. The number of aliphatic carboxylic acids is 1. The topological polar surface area (TPSA) is 46.5 Å². The predicted molar refractivity (Wildman–Crippen MR) is 65.0 cm³/mol. The zero-order valence-corrected chi connectivity index (χ0v) is 9.47. The van der Waals surface area contributed by atoms with Crippen molar-refractivity contribution in [1.82, 2.24) is 0 Å². The molecule has 0 bridgehead atoms. The Kier molecular flexibility index (Phi) is 3.57. The molecule has 2 aromatic carbocycles. The lowest BCUT2D eigenvalue weighted by molar-refractivity contribution is -0.139. The summed E-state index contributed by atoms with van der Waals surface area (Å²) in [7, 11) is 0. The molecule has 0 heterocycles. The van der Waals surface area contributed by atoms with Crippen LogP contribution in [0.4, 0.5) is 4.39 Å². The molecule has 0 spiro atoms. The van der Waals surface area contributed by atoms with E-state index in [4.69, 9.17) is 9.84 Å². The summed E-state index contributed by atoms with van der Waals surface area (Å²) in [4.78, 5) is 10.3. The van der Waals surface area contributed by atoms with Gasteiger partial charge in [0, 0.05) is 0 Å². The third-order valence-electron chi connectivity index (χ3n) is 2.37. The normalized spacial score (nSPS) is 10.1. The van der Waals surface area contributed by atoms with Gasteiger partial charge in [-0.3, -0.25) is 0 Å². The molecule has 2 aromatic rings. The summed E-state index contributed by atoms with van der Waals surface area (Å²) < 4.78 is 18.1. The summed E-state index contributed by atoms with van der Waals surface area (Å²) in [5.41, 5.74) is 1.61. The van der Waals surface area contributed by atoms with Crippen LogP contribution in [0.3, 0.4) is 0 Å². The van der Waals surface area contributed by atoms with Crippen LogP contribution in [-0.2, 0) is 4.79 Å². The van der Waals surface area contributed by atoms with Crippen molar-refractivity contribution in [1.29, 1.82) is 0 Å². The van der Waals surface area contributed by atoms with Gasteiger partial charge in [0.25, 0.3) is 0 Å². The lowest BCUT2D eigenvalue weighted by Gasteiger charge is -2.05. The van der Waals surface area contributed by atoms with Crippen LogP contribution < -0.4 is 4.74 Å². The summed E-state index contributed by atoms with van der Waals surface area (Å²) in [5.74, 6) is -0.847. The third kappa shape index (κ3) is 3.07. The molecule has 18 heavy (non-hydrogen) atoms. The Hall–Kier alpha value is -2.36. The fourth-order valence-corrected chi connectivity index (χ4v) is 1.56. The van der Waals surface area contributed by atoms with Crippen LogP contribution in [0.15, 0.2) is 48.5 Å². The predicted octanol–water partition coefficient (Wildman–Crippen LogP) is 2.96. The van der Waals surface area contributed by atoms with E-state index in [2.05, 4.69) is 0 Å². The van der Waals surface area contributed by atoms with Crippen LogP contribution in [-0.4, -0.2) is 17.7 Å². The van der Waals surface area contributed by atoms with Gasteiger partial charge in [0.1, 0.15) is 11.6 Å². The highest BCUT2D eigenvalue weighted by Crippen LogP contribution is 2.22. The Morgan fingerprint density at radius 3 is 2.44 bits per heavy atom. The van der Waals surface area contributed by atoms with Crippen molar-refractivity contribution in [3.05, 3.63) is 54.3 Å². The molecular weight excluding hydrogens is 235 g/mol. The van der Waals surface area contributed by atoms with Gasteiger partial charge in [-0.05, 0) is 35.4 Å². The Morgan fingerprint density at radius 1 is 1.11 bits per heavy atom. The van der Waals surface area contributed by atoms with Gasteiger partial charge in [-0.15, -0.1) is 0 Å². The van der Waals surface area contributed by atoms with Gasteiger partial charge in [-0.25, -0.2) is 9.18 Å². The average Bonchev–Trinajstić information content (AvgIpc) is 2.37. The number of halogens is 1. The number of carboxylic acids is 1. The number of ether oxygens (including phenoxy) is 1. The number of benzene rings is 2. The molecule has 0 saturated heterocycles. The number of hydrogen-bond acceptors (Lipinski definition) is 2. The lowest BCUT2D eigenvalue weighted by Crippen LogP contribution is -2.09. The van der Waals surface area contributed by atoms with Crippen molar-refractivity contribution in [3.63, 3.8) is 0 Å². The van der Waals surface area contributed by atoms with Crippen LogP contribution in [0.2, 0.25) is 0 Å². The van der Waals surface area contributed by atoms with E-state index in [-0.39, 0.29) is 12.4 Å². The molecule has 0 saturated carbocycles. The molecule has 0 atom stereocenters. The van der Waals surface area contributed by atoms with Gasteiger partial charge in [-0.1, -0.05) is 24.3 Å². The minimum absolute atomic E-state index is 0.293. The van der Waals surface area contributed by atoms with Gasteiger partial charge in [0.15, 0.2) is 6.61 Å². The Bertz CT molecular complexity index is 549. The third-order valence-corrected chi connectivity index (χ3v) is 2.37. The minimum atomic E-state index is -1.02. The van der Waals surface area contributed by atoms with E-state index >= 15 is 0 Å². The van der Waals surface area contributed by atoms with Crippen LogP contribution in [0.1, 0.15) is 0 Å². The molecular formula is C14H11FO3. The van der Waals surface area contributed by atoms with Crippen molar-refractivity contribution < 1.29 is 19.0 Å². The second-order valence-corrected chi connectivity index (χ2v) is 3.72. The van der Waals surface area contributed by atoms with E-state index in [1.54, 1.807) is 36.4 Å². The van der Waals surface area contributed by atoms with Crippen molar-refractivity contribution in [2.75, 3.05) is 6.61 Å². The molecule has 1 N–H and O–H groups in total. The first-order valence-corrected chi connectivity index (χ1v) is 5.36. The fraction of sp³-hybridized carbons (Fsp3) is 0.0714. The highest BCUT2D eigenvalue weighted by atomic mass is 19.1. The summed E-state index contributed by atoms with van der Waals surface area (Å²) in [6, 6.07) is 13.1. The van der Waals surface area contributed by atoms with Gasteiger partial charge in [0.2, 0.25) is 0 Å². The van der Waals surface area contributed by atoms with Gasteiger partial charge in [-0.2, -0.15) is 0 Å². The molecule has 0 radical (unpaired) electrons. The zero-order chi connectivity index (χ0) is 13.0. The maximum absolute atomic E-state index is 13.1. The van der Waals surface area contributed by atoms with E-state index in [0.29, 0.717) is 5.75 Å². The first-order chi connectivity index (χ1) is 8.65. The van der Waals surface area contributed by atoms with Crippen molar-refractivity contribution in [2.45, 2.75) is 0 Å². The van der Waals surface area contributed by atoms with E-state index in [1.807, 2.05) is 0 Å². The lowest BCUT2D eigenvalue weighted by atomic mass is 10.1. The van der Waals surface area contributed by atoms with Crippen molar-refractivity contribution in [2.24, 2.45) is 0 Å². The number of hydrogen-bond donors (Lipinski definition) is 1. The maximum Gasteiger partial charge on any atom is 0.341 e. The SMILES string of the molecule is O=C(O)COc1ccc(-c2cccc(F)c2)cc1. The summed E-state index contributed by atoms with van der Waals surface area (Å²) >= 11 is 0. The number of carbonyl (C=O) groups is 1. The minimum Gasteiger partial charge on any atom is -0.482 e. The molecule has 0 aromatic heterocycles. The van der Waals surface area contributed by atoms with Gasteiger partial charge < -0.3 is 9.84 Å². The Labute approximate surface area is 103 Å². The molecule has 0 amide bonds. The second-order valence-electron chi connectivity index (χ2n) is 3.72. The Balaban J connectivity index is 2.14. The van der Waals surface area contributed by atoms with E-state index in [0.717, 1.165) is 11.1 Å². The zero-order valence-electron chi connectivity index (χ0n) is 9.47. The van der Waals surface area contributed by atoms with E-state index < -0.39 is 5.97 Å². The summed E-state index contributed by atoms with van der Waals surface area (Å²) in [6.07, 6.45) is 0. The quantitative estimate of drug-likeness (QED) is 0.902. The smallest absolute Gasteiger partial charge is 0.341 e. The van der Waals surface area contributed by atoms with Crippen molar-refractivity contribution in [3.8, 4) is 16.9 Å². The molecule has 0 fully saturated rings. The summed E-state index contributed by atoms with van der Waals surface area (Å²) in [5, 5.41) is 8.47. The number of rotatable bonds is 4. The molecule has 92 valence electrons. The van der Waals surface area contributed by atoms with E-state index in [1.165, 1.54) is 12.1 Å². The first kappa shape index (κ1) is 12.1. The number of carboxylic acid groups (broad SMARTS) is 1. The monoisotopic (exact) mass is 246 g/mol. The van der Waals surface area contributed by atoms with Crippen LogP contribution >= 0.6 is 0 Å². The standard InChI is InChI=1S/C14H11FO3/c15-12-3-1-2-11(8-12)10-4-6-13(7-5-10)18-9-14(16)17/h1-8H,9H2,(H,16,17). The molecule has 2 rings (SSSR count). The molecule has 4 heteroatoms. The van der Waals surface area contributed by atoms with Crippen LogP contribution in [0, 0.1) is 5.82 Å². The second kappa shape index (κ2) is 5.31. The maximum atomic E-state index is 13.1. The molecule has 0 aliphatic heterocycles. The highest BCUT2D eigenvalue weighted by Gasteiger charge is 2.01. The van der Waals surface area contributed by atoms with Crippen molar-refractivity contribution >= 4 is 5.97 Å². The Morgan fingerprint density at radius 2 is 1.83 bits per heavy atom. The fourth-order valence-electron chi connectivity index (χ4n) is 1.56. The largest absolute Gasteiger partial charge is 0.482 e. The molecule has 0 aliphatic rings. The first-order valence-electron chi connectivity index (χ1n) is 5.36. The summed E-state index contributed by atoms with van der Waals surface area (Å²) in [6.45, 7) is -0.376. The van der Waals surface area contributed by atoms with Gasteiger partial charge >= 0.3 is 5.97 Å². The van der Waals surface area contributed by atoms with Crippen LogP contribution in [0.25, 0.3) is 11.1 Å². The van der Waals surface area contributed by atoms with E-state index in [9.17, 15) is 9.18 Å². The molecule has 3 nitrogen and oxygen atoms in total. The molecule has 0 aliphatic carbocycles. The average molecular weight is 246 g/mol. The van der Waals surface area contributed by atoms with Crippen LogP contribution in [0.5, 0.6) is 5.75 Å². The van der Waals surface area contributed by atoms with Gasteiger partial charge in [0.05, 0.1) is 0 Å².